The topological polar surface area (TPSA) is 81.3 Å². The van der Waals surface area contributed by atoms with Gasteiger partial charge in [-0.25, -0.2) is 0 Å². The largest absolute Gasteiger partial charge is 0.496 e. The Labute approximate surface area is 189 Å². The Hall–Kier alpha value is -3.62. The molecule has 2 N–H and O–H groups in total. The van der Waals surface area contributed by atoms with E-state index in [9.17, 15) is 18.0 Å². The number of benzene rings is 2. The van der Waals surface area contributed by atoms with Gasteiger partial charge in [-0.05, 0) is 60.4 Å². The fourth-order valence-corrected chi connectivity index (χ4v) is 4.02. The molecule has 3 aromatic rings. The Kier molecular flexibility index (Phi) is 6.22. The van der Waals surface area contributed by atoms with Gasteiger partial charge in [0.25, 0.3) is 5.91 Å². The lowest BCUT2D eigenvalue weighted by atomic mass is 9.92. The van der Waals surface area contributed by atoms with Gasteiger partial charge in [0.05, 0.1) is 23.9 Å². The second-order valence-electron chi connectivity index (χ2n) is 7.94. The summed E-state index contributed by atoms with van der Waals surface area (Å²) in [5.74, 6) is 0.820. The van der Waals surface area contributed by atoms with E-state index in [2.05, 4.69) is 10.2 Å². The summed E-state index contributed by atoms with van der Waals surface area (Å²) >= 11 is 0. The van der Waals surface area contributed by atoms with Gasteiger partial charge in [-0.15, -0.1) is 5.10 Å². The van der Waals surface area contributed by atoms with Gasteiger partial charge in [0.15, 0.2) is 0 Å². The molecule has 0 aliphatic carbocycles. The summed E-state index contributed by atoms with van der Waals surface area (Å²) in [4.78, 5) is 14.9. The number of aromatic nitrogens is 2. The van der Waals surface area contributed by atoms with Crippen molar-refractivity contribution < 1.29 is 22.7 Å². The van der Waals surface area contributed by atoms with Crippen LogP contribution >= 0.6 is 0 Å². The standard InChI is InChI=1S/C24H23F3N4O2/c1-33-21-14-17(15-2-5-18(6-3-15)24(25,26)27)4-7-19(21)23(32)31-12-10-16(11-13-31)20-8-9-22(28)30-29-20/h2-9,14,16H,10-13H2,1H3,(H2,28,30). The van der Waals surface area contributed by atoms with Gasteiger partial charge in [0.2, 0.25) is 0 Å². The molecule has 1 aliphatic rings. The van der Waals surface area contributed by atoms with Crippen molar-refractivity contribution in [1.29, 1.82) is 0 Å². The number of hydrogen-bond acceptors (Lipinski definition) is 5. The molecule has 2 aromatic carbocycles. The Morgan fingerprint density at radius 2 is 1.67 bits per heavy atom. The third-order valence-corrected chi connectivity index (χ3v) is 5.88. The number of likely N-dealkylation sites (tertiary alicyclic amines) is 1. The van der Waals surface area contributed by atoms with Crippen LogP contribution in [0, 0.1) is 0 Å². The third kappa shape index (κ3) is 4.92. The number of hydrogen-bond donors (Lipinski definition) is 1. The minimum Gasteiger partial charge on any atom is -0.496 e. The minimum atomic E-state index is -4.39. The lowest BCUT2D eigenvalue weighted by Gasteiger charge is -2.32. The zero-order valence-corrected chi connectivity index (χ0v) is 18.0. The second kappa shape index (κ2) is 9.09. The van der Waals surface area contributed by atoms with Gasteiger partial charge >= 0.3 is 6.18 Å². The number of anilines is 1. The number of ether oxygens (including phenoxy) is 1. The summed E-state index contributed by atoms with van der Waals surface area (Å²) in [6.07, 6.45) is -2.87. The summed E-state index contributed by atoms with van der Waals surface area (Å²) < 4.78 is 43.9. The van der Waals surface area contributed by atoms with E-state index in [-0.39, 0.29) is 11.8 Å². The van der Waals surface area contributed by atoms with E-state index >= 15 is 0 Å². The van der Waals surface area contributed by atoms with Gasteiger partial charge in [-0.3, -0.25) is 4.79 Å². The number of rotatable bonds is 4. The van der Waals surface area contributed by atoms with E-state index in [4.69, 9.17) is 10.5 Å². The fourth-order valence-electron chi connectivity index (χ4n) is 4.02. The molecule has 0 saturated carbocycles. The molecule has 9 heteroatoms. The molecule has 1 saturated heterocycles. The number of nitrogens with two attached hydrogens (primary N) is 1. The maximum absolute atomic E-state index is 13.1. The zero-order valence-electron chi connectivity index (χ0n) is 18.0. The van der Waals surface area contributed by atoms with Crippen molar-refractivity contribution in [1.82, 2.24) is 15.1 Å². The van der Waals surface area contributed by atoms with Crippen LogP contribution in [0.15, 0.2) is 54.6 Å². The molecule has 6 nitrogen and oxygen atoms in total. The van der Waals surface area contributed by atoms with Crippen LogP contribution in [0.25, 0.3) is 11.1 Å². The molecular formula is C24H23F3N4O2. The van der Waals surface area contributed by atoms with Crippen LogP contribution < -0.4 is 10.5 Å². The van der Waals surface area contributed by atoms with E-state index in [0.717, 1.165) is 30.7 Å². The van der Waals surface area contributed by atoms with Crippen molar-refractivity contribution in [3.63, 3.8) is 0 Å². The van der Waals surface area contributed by atoms with Crippen LogP contribution in [0.5, 0.6) is 5.75 Å². The number of nitrogens with zero attached hydrogens (tertiary/aromatic N) is 3. The quantitative estimate of drug-likeness (QED) is 0.612. The molecule has 1 aromatic heterocycles. The van der Waals surface area contributed by atoms with Crippen LogP contribution in [-0.2, 0) is 6.18 Å². The second-order valence-corrected chi connectivity index (χ2v) is 7.94. The van der Waals surface area contributed by atoms with Crippen LogP contribution in [0.4, 0.5) is 19.0 Å². The number of carbonyl (C=O) groups excluding carboxylic acids is 1. The number of alkyl halides is 3. The SMILES string of the molecule is COc1cc(-c2ccc(C(F)(F)F)cc2)ccc1C(=O)N1CCC(c2ccc(N)nn2)CC1. The predicted octanol–water partition coefficient (Wildman–Crippen LogP) is 4.77. The van der Waals surface area contributed by atoms with E-state index in [0.29, 0.717) is 41.3 Å². The molecule has 1 fully saturated rings. The number of nitrogen functional groups attached to an aromatic ring is 1. The van der Waals surface area contributed by atoms with Crippen LogP contribution in [0.2, 0.25) is 0 Å². The zero-order chi connectivity index (χ0) is 23.6. The highest BCUT2D eigenvalue weighted by Gasteiger charge is 2.30. The molecule has 1 aliphatic heterocycles. The summed E-state index contributed by atoms with van der Waals surface area (Å²) in [5, 5.41) is 8.06. The maximum Gasteiger partial charge on any atom is 0.416 e. The monoisotopic (exact) mass is 456 g/mol. The number of halogens is 3. The van der Waals surface area contributed by atoms with Gasteiger partial charge in [-0.2, -0.15) is 18.3 Å². The third-order valence-electron chi connectivity index (χ3n) is 5.88. The minimum absolute atomic E-state index is 0.146. The molecule has 1 amide bonds. The van der Waals surface area contributed by atoms with Crippen LogP contribution in [0.1, 0.15) is 40.4 Å². The molecule has 4 rings (SSSR count). The number of carbonyl (C=O) groups is 1. The lowest BCUT2D eigenvalue weighted by Crippen LogP contribution is -2.38. The molecule has 0 unspecified atom stereocenters. The van der Waals surface area contributed by atoms with E-state index in [1.807, 2.05) is 6.07 Å². The van der Waals surface area contributed by atoms with E-state index in [1.165, 1.54) is 19.2 Å². The summed E-state index contributed by atoms with van der Waals surface area (Å²) in [6.45, 7) is 1.14. The Morgan fingerprint density at radius 1 is 1.00 bits per heavy atom. The van der Waals surface area contributed by atoms with Crippen molar-refractivity contribution in [3.05, 3.63) is 71.4 Å². The smallest absolute Gasteiger partial charge is 0.416 e. The summed E-state index contributed by atoms with van der Waals surface area (Å²) in [6, 6.07) is 13.5. The number of methoxy groups -OCH3 is 1. The molecule has 2 heterocycles. The van der Waals surface area contributed by atoms with Crippen molar-refractivity contribution in [2.75, 3.05) is 25.9 Å². The van der Waals surface area contributed by atoms with Crippen molar-refractivity contribution in [2.45, 2.75) is 24.9 Å². The van der Waals surface area contributed by atoms with E-state index in [1.54, 1.807) is 29.2 Å². The first-order chi connectivity index (χ1) is 15.8. The fraction of sp³-hybridized carbons (Fsp3) is 0.292. The maximum atomic E-state index is 13.1. The number of piperidine rings is 1. The van der Waals surface area contributed by atoms with Gasteiger partial charge in [0, 0.05) is 19.0 Å². The Bertz CT molecular complexity index is 1120. The first kappa shape index (κ1) is 22.6. The van der Waals surface area contributed by atoms with Crippen LogP contribution in [0.3, 0.4) is 0 Å². The van der Waals surface area contributed by atoms with E-state index < -0.39 is 11.7 Å². The van der Waals surface area contributed by atoms with Gasteiger partial charge in [-0.1, -0.05) is 18.2 Å². The first-order valence-corrected chi connectivity index (χ1v) is 10.5. The summed E-state index contributed by atoms with van der Waals surface area (Å²) in [7, 11) is 1.47. The Balaban J connectivity index is 1.47. The normalized spacial score (nSPS) is 14.8. The highest BCUT2D eigenvalue weighted by Crippen LogP contribution is 2.34. The van der Waals surface area contributed by atoms with Crippen LogP contribution in [-0.4, -0.2) is 41.2 Å². The lowest BCUT2D eigenvalue weighted by molar-refractivity contribution is -0.137. The molecule has 0 radical (unpaired) electrons. The highest BCUT2D eigenvalue weighted by atomic mass is 19.4. The van der Waals surface area contributed by atoms with Gasteiger partial charge < -0.3 is 15.4 Å². The number of amides is 1. The predicted molar refractivity (Wildman–Crippen MR) is 118 cm³/mol. The first-order valence-electron chi connectivity index (χ1n) is 10.5. The Morgan fingerprint density at radius 3 is 2.24 bits per heavy atom. The highest BCUT2D eigenvalue weighted by molar-refractivity contribution is 5.97. The van der Waals surface area contributed by atoms with Crippen molar-refractivity contribution >= 4 is 11.7 Å². The van der Waals surface area contributed by atoms with Crippen molar-refractivity contribution in [3.8, 4) is 16.9 Å². The molecule has 33 heavy (non-hydrogen) atoms. The van der Waals surface area contributed by atoms with Crippen molar-refractivity contribution in [2.24, 2.45) is 0 Å². The average molecular weight is 456 g/mol. The molecule has 0 atom stereocenters. The molecule has 0 spiro atoms. The average Bonchev–Trinajstić information content (AvgIpc) is 2.83. The van der Waals surface area contributed by atoms with Gasteiger partial charge in [0.1, 0.15) is 11.6 Å². The molecular weight excluding hydrogens is 433 g/mol. The molecule has 0 bridgehead atoms. The summed E-state index contributed by atoms with van der Waals surface area (Å²) in [5.41, 5.74) is 7.44. The molecule has 172 valence electrons.